The lowest BCUT2D eigenvalue weighted by Crippen LogP contribution is -2.16. The summed E-state index contributed by atoms with van der Waals surface area (Å²) in [6, 6.07) is 17.1. The number of Topliss-reactive ketones (excluding diaryl/α,β-unsaturated/α-hetero) is 1. The third-order valence-electron chi connectivity index (χ3n) is 5.12. The van der Waals surface area contributed by atoms with Crippen LogP contribution in [0.2, 0.25) is 0 Å². The van der Waals surface area contributed by atoms with Gasteiger partial charge in [0.25, 0.3) is 0 Å². The number of thioether (sulfide) groups is 1. The molecule has 7 nitrogen and oxygen atoms in total. The number of aromatic nitrogens is 4. The predicted molar refractivity (Wildman–Crippen MR) is 122 cm³/mol. The first-order chi connectivity index (χ1) is 15.7. The number of carbonyl (C=O) groups excluding carboxylic acids is 1. The number of rotatable bonds is 6. The highest BCUT2D eigenvalue weighted by Gasteiger charge is 2.20. The van der Waals surface area contributed by atoms with Gasteiger partial charge in [0.2, 0.25) is 0 Å². The van der Waals surface area contributed by atoms with Crippen molar-refractivity contribution in [2.24, 2.45) is 0 Å². The summed E-state index contributed by atoms with van der Waals surface area (Å²) in [5, 5.41) is 9.48. The van der Waals surface area contributed by atoms with Gasteiger partial charge < -0.3 is 9.47 Å². The van der Waals surface area contributed by atoms with Crippen molar-refractivity contribution in [3.05, 3.63) is 78.1 Å². The quantitative estimate of drug-likeness (QED) is 0.322. The molecule has 0 unspecified atom stereocenters. The summed E-state index contributed by atoms with van der Waals surface area (Å²) in [5.41, 5.74) is 3.54. The number of nitrogens with zero attached hydrogens (tertiary/aromatic N) is 4. The maximum Gasteiger partial charge on any atom is 0.196 e. The molecule has 160 valence electrons. The number of para-hydroxylation sites is 1. The van der Waals surface area contributed by atoms with Crippen LogP contribution in [0.4, 0.5) is 0 Å². The first-order valence-electron chi connectivity index (χ1n) is 10.2. The van der Waals surface area contributed by atoms with Crippen molar-refractivity contribution in [1.29, 1.82) is 0 Å². The van der Waals surface area contributed by atoms with Gasteiger partial charge in [0.05, 0.1) is 11.4 Å². The Labute approximate surface area is 189 Å². The lowest BCUT2D eigenvalue weighted by molar-refractivity contribution is 0.102. The van der Waals surface area contributed by atoms with E-state index in [0.29, 0.717) is 41.3 Å². The van der Waals surface area contributed by atoms with Crippen molar-refractivity contribution >= 4 is 17.5 Å². The van der Waals surface area contributed by atoms with Gasteiger partial charge in [0.15, 0.2) is 28.3 Å². The molecule has 0 aliphatic carbocycles. The van der Waals surface area contributed by atoms with E-state index in [-0.39, 0.29) is 11.5 Å². The van der Waals surface area contributed by atoms with Crippen molar-refractivity contribution in [3.8, 4) is 28.6 Å². The fourth-order valence-corrected chi connectivity index (χ4v) is 4.35. The summed E-state index contributed by atoms with van der Waals surface area (Å²) >= 11 is 1.36. The van der Waals surface area contributed by atoms with Crippen molar-refractivity contribution in [1.82, 2.24) is 19.7 Å². The molecule has 2 aromatic carbocycles. The van der Waals surface area contributed by atoms with Crippen LogP contribution in [0.15, 0.2) is 72.1 Å². The minimum atomic E-state index is -0.0169. The maximum atomic E-state index is 12.9. The Balaban J connectivity index is 1.44. The molecule has 0 saturated carbocycles. The molecule has 2 aromatic heterocycles. The topological polar surface area (TPSA) is 79.1 Å². The third-order valence-corrected chi connectivity index (χ3v) is 6.05. The summed E-state index contributed by atoms with van der Waals surface area (Å²) in [6.07, 6.45) is 3.45. The van der Waals surface area contributed by atoms with Crippen molar-refractivity contribution in [3.63, 3.8) is 0 Å². The molecule has 5 rings (SSSR count). The molecule has 0 saturated heterocycles. The zero-order chi connectivity index (χ0) is 21.9. The number of fused-ring (bicyclic) bond motifs is 1. The van der Waals surface area contributed by atoms with Gasteiger partial charge in [-0.3, -0.25) is 14.3 Å². The van der Waals surface area contributed by atoms with E-state index in [1.165, 1.54) is 11.8 Å². The average Bonchev–Trinajstić information content (AvgIpc) is 3.26. The van der Waals surface area contributed by atoms with E-state index in [9.17, 15) is 4.79 Å². The Morgan fingerprint density at radius 3 is 2.59 bits per heavy atom. The standard InChI is InChI=1S/C24H20N4O3S/c1-16-4-2-3-5-19(16)28-23(17-8-10-25-11-9-17)26-27-24(28)32-15-20(29)18-6-7-21-22(14-18)31-13-12-30-21/h2-11,14H,12-13,15H2,1H3. The number of carbonyl (C=O) groups is 1. The van der Waals surface area contributed by atoms with Gasteiger partial charge in [0, 0.05) is 23.5 Å². The molecule has 0 N–H and O–H groups in total. The van der Waals surface area contributed by atoms with Gasteiger partial charge >= 0.3 is 0 Å². The fourth-order valence-electron chi connectivity index (χ4n) is 3.51. The molecule has 0 atom stereocenters. The van der Waals surface area contributed by atoms with Crippen molar-refractivity contribution in [2.75, 3.05) is 19.0 Å². The van der Waals surface area contributed by atoms with Crippen LogP contribution in [0.25, 0.3) is 17.1 Å². The second kappa shape index (κ2) is 8.84. The van der Waals surface area contributed by atoms with Gasteiger partial charge in [-0.1, -0.05) is 30.0 Å². The molecule has 0 amide bonds. The zero-order valence-electron chi connectivity index (χ0n) is 17.4. The Morgan fingerprint density at radius 1 is 1.00 bits per heavy atom. The minimum Gasteiger partial charge on any atom is -0.486 e. The Kier molecular flexibility index (Phi) is 5.60. The highest BCUT2D eigenvalue weighted by Crippen LogP contribution is 2.32. The van der Waals surface area contributed by atoms with Crippen LogP contribution in [0.5, 0.6) is 11.5 Å². The van der Waals surface area contributed by atoms with Crippen LogP contribution in [0.3, 0.4) is 0 Å². The van der Waals surface area contributed by atoms with Crippen molar-refractivity contribution in [2.45, 2.75) is 12.1 Å². The Bertz CT molecular complexity index is 1270. The molecule has 3 heterocycles. The van der Waals surface area contributed by atoms with Crippen LogP contribution in [-0.4, -0.2) is 44.5 Å². The molecule has 0 bridgehead atoms. The number of aryl methyl sites for hydroxylation is 1. The van der Waals surface area contributed by atoms with Gasteiger partial charge in [-0.2, -0.15) is 0 Å². The molecule has 1 aliphatic heterocycles. The molecular formula is C24H20N4O3S. The van der Waals surface area contributed by atoms with Gasteiger partial charge in [-0.15, -0.1) is 10.2 Å². The summed E-state index contributed by atoms with van der Waals surface area (Å²) < 4.78 is 13.1. The number of ether oxygens (including phenoxy) is 2. The Hall–Kier alpha value is -3.65. The Morgan fingerprint density at radius 2 is 1.78 bits per heavy atom. The summed E-state index contributed by atoms with van der Waals surface area (Å²) in [4.78, 5) is 17.0. The normalized spacial score (nSPS) is 12.5. The molecule has 0 radical (unpaired) electrons. The number of benzene rings is 2. The van der Waals surface area contributed by atoms with E-state index in [1.807, 2.05) is 47.9 Å². The smallest absolute Gasteiger partial charge is 0.196 e. The third kappa shape index (κ3) is 3.97. The lowest BCUT2D eigenvalue weighted by Gasteiger charge is -2.18. The molecular weight excluding hydrogens is 424 g/mol. The molecule has 32 heavy (non-hydrogen) atoms. The minimum absolute atomic E-state index is 0.0169. The number of hydrogen-bond acceptors (Lipinski definition) is 7. The number of pyridine rings is 1. The maximum absolute atomic E-state index is 12.9. The molecule has 4 aromatic rings. The van der Waals surface area contributed by atoms with E-state index >= 15 is 0 Å². The number of hydrogen-bond donors (Lipinski definition) is 0. The average molecular weight is 445 g/mol. The van der Waals surface area contributed by atoms with Gasteiger partial charge in [0.1, 0.15) is 13.2 Å². The highest BCUT2D eigenvalue weighted by molar-refractivity contribution is 7.99. The molecule has 1 aliphatic rings. The van der Waals surface area contributed by atoms with Crippen LogP contribution in [0.1, 0.15) is 15.9 Å². The summed E-state index contributed by atoms with van der Waals surface area (Å²) in [7, 11) is 0. The van der Waals surface area contributed by atoms with E-state index in [1.54, 1.807) is 30.6 Å². The first-order valence-corrected chi connectivity index (χ1v) is 11.2. The predicted octanol–water partition coefficient (Wildman–Crippen LogP) is 4.38. The van der Waals surface area contributed by atoms with Gasteiger partial charge in [-0.05, 0) is 48.9 Å². The second-order valence-corrected chi connectivity index (χ2v) is 8.18. The molecule has 0 fully saturated rings. The van der Waals surface area contributed by atoms with Crippen LogP contribution >= 0.6 is 11.8 Å². The van der Waals surface area contributed by atoms with Gasteiger partial charge in [-0.25, -0.2) is 0 Å². The van der Waals surface area contributed by atoms with Crippen molar-refractivity contribution < 1.29 is 14.3 Å². The SMILES string of the molecule is Cc1ccccc1-n1c(SCC(=O)c2ccc3c(c2)OCCO3)nnc1-c1ccncc1. The molecule has 0 spiro atoms. The van der Waals surface area contributed by atoms with Crippen LogP contribution < -0.4 is 9.47 Å². The lowest BCUT2D eigenvalue weighted by atomic mass is 10.1. The fraction of sp³-hybridized carbons (Fsp3) is 0.167. The zero-order valence-corrected chi connectivity index (χ0v) is 18.2. The van der Waals surface area contributed by atoms with E-state index in [2.05, 4.69) is 15.2 Å². The van der Waals surface area contributed by atoms with E-state index in [4.69, 9.17) is 9.47 Å². The summed E-state index contributed by atoms with van der Waals surface area (Å²) in [6.45, 7) is 3.04. The summed E-state index contributed by atoms with van der Waals surface area (Å²) in [5.74, 6) is 2.18. The van der Waals surface area contributed by atoms with E-state index in [0.717, 1.165) is 16.8 Å². The molecule has 8 heteroatoms. The van der Waals surface area contributed by atoms with Crippen LogP contribution in [-0.2, 0) is 0 Å². The van der Waals surface area contributed by atoms with E-state index < -0.39 is 0 Å². The first kappa shape index (κ1) is 20.3. The largest absolute Gasteiger partial charge is 0.486 e. The van der Waals surface area contributed by atoms with Crippen LogP contribution in [0, 0.1) is 6.92 Å². The monoisotopic (exact) mass is 444 g/mol. The second-order valence-electron chi connectivity index (χ2n) is 7.23. The highest BCUT2D eigenvalue weighted by atomic mass is 32.2. The number of ketones is 1.